The molecule has 0 heterocycles. The van der Waals surface area contributed by atoms with E-state index in [1.54, 1.807) is 30.3 Å². The Hall–Kier alpha value is -3.93. The number of nitrogens with zero attached hydrogens (tertiary/aromatic N) is 3. The fourth-order valence-corrected chi connectivity index (χ4v) is 3.22. The van der Waals surface area contributed by atoms with Crippen molar-refractivity contribution in [2.75, 3.05) is 5.32 Å². The van der Waals surface area contributed by atoms with Gasteiger partial charge in [0.15, 0.2) is 0 Å². The van der Waals surface area contributed by atoms with Crippen LogP contribution < -0.4 is 5.32 Å². The van der Waals surface area contributed by atoms with Gasteiger partial charge in [-0.2, -0.15) is 10.5 Å². The summed E-state index contributed by atoms with van der Waals surface area (Å²) in [5.74, 6) is -0.185. The molecule has 5 nitrogen and oxygen atoms in total. The number of hydrogen-bond donors (Lipinski definition) is 1. The van der Waals surface area contributed by atoms with E-state index in [0.29, 0.717) is 35.0 Å². The molecular formula is C26H24N4O. The molecule has 1 amide bonds. The van der Waals surface area contributed by atoms with Gasteiger partial charge in [-0.05, 0) is 73.5 Å². The minimum Gasteiger partial charge on any atom is -0.322 e. The minimum atomic E-state index is -0.185. The Kier molecular flexibility index (Phi) is 7.17. The van der Waals surface area contributed by atoms with Crippen molar-refractivity contribution in [3.05, 3.63) is 101 Å². The number of carbonyl (C=O) groups excluding carboxylic acids is 1. The van der Waals surface area contributed by atoms with E-state index >= 15 is 0 Å². The maximum atomic E-state index is 12.7. The monoisotopic (exact) mass is 408 g/mol. The molecule has 31 heavy (non-hydrogen) atoms. The second-order valence-electron chi connectivity index (χ2n) is 7.65. The van der Waals surface area contributed by atoms with Crippen LogP contribution in [-0.2, 0) is 13.1 Å². The molecule has 5 heteroatoms. The molecule has 0 atom stereocenters. The number of rotatable bonds is 7. The van der Waals surface area contributed by atoms with Gasteiger partial charge in [-0.3, -0.25) is 9.69 Å². The van der Waals surface area contributed by atoms with Gasteiger partial charge in [0.25, 0.3) is 5.91 Å². The molecule has 0 aliphatic heterocycles. The number of benzene rings is 3. The van der Waals surface area contributed by atoms with Gasteiger partial charge < -0.3 is 5.32 Å². The van der Waals surface area contributed by atoms with Crippen LogP contribution >= 0.6 is 0 Å². The summed E-state index contributed by atoms with van der Waals surface area (Å²) in [5.41, 5.74) is 4.64. The topological polar surface area (TPSA) is 79.9 Å². The van der Waals surface area contributed by atoms with Crippen molar-refractivity contribution in [3.8, 4) is 12.1 Å². The first-order chi connectivity index (χ1) is 15.0. The van der Waals surface area contributed by atoms with Crippen LogP contribution in [0.3, 0.4) is 0 Å². The summed E-state index contributed by atoms with van der Waals surface area (Å²) in [7, 11) is 0. The van der Waals surface area contributed by atoms with Crippen LogP contribution in [0.15, 0.2) is 72.8 Å². The van der Waals surface area contributed by atoms with Gasteiger partial charge >= 0.3 is 0 Å². The molecule has 3 rings (SSSR count). The van der Waals surface area contributed by atoms with Gasteiger partial charge in [0.2, 0.25) is 0 Å². The molecule has 0 aromatic heterocycles. The average Bonchev–Trinajstić information content (AvgIpc) is 2.79. The van der Waals surface area contributed by atoms with Gasteiger partial charge in [0.05, 0.1) is 23.3 Å². The van der Waals surface area contributed by atoms with Crippen molar-refractivity contribution in [3.63, 3.8) is 0 Å². The Balaban J connectivity index is 1.70. The van der Waals surface area contributed by atoms with Crippen LogP contribution in [0.4, 0.5) is 5.69 Å². The average molecular weight is 409 g/mol. The number of carbonyl (C=O) groups is 1. The molecular weight excluding hydrogens is 384 g/mol. The zero-order chi connectivity index (χ0) is 22.2. The van der Waals surface area contributed by atoms with Crippen LogP contribution in [0.2, 0.25) is 0 Å². The predicted octanol–water partition coefficient (Wildman–Crippen LogP) is 5.09. The smallest absolute Gasteiger partial charge is 0.255 e. The zero-order valence-electron chi connectivity index (χ0n) is 17.7. The molecule has 0 spiro atoms. The van der Waals surface area contributed by atoms with Crippen molar-refractivity contribution in [1.82, 2.24) is 4.90 Å². The van der Waals surface area contributed by atoms with E-state index < -0.39 is 0 Å². The Morgan fingerprint density at radius 1 is 0.871 bits per heavy atom. The Morgan fingerprint density at radius 2 is 1.45 bits per heavy atom. The molecule has 0 fully saturated rings. The highest BCUT2D eigenvalue weighted by molar-refractivity contribution is 6.04. The van der Waals surface area contributed by atoms with Crippen molar-refractivity contribution >= 4 is 11.6 Å². The van der Waals surface area contributed by atoms with Crippen LogP contribution in [0.1, 0.15) is 46.5 Å². The van der Waals surface area contributed by atoms with Crippen LogP contribution in [0.5, 0.6) is 0 Å². The summed E-state index contributed by atoms with van der Waals surface area (Å²) in [5, 5.41) is 20.7. The second kappa shape index (κ2) is 10.2. The second-order valence-corrected chi connectivity index (χ2v) is 7.65. The molecule has 3 aromatic rings. The molecule has 3 aromatic carbocycles. The number of nitrogens with one attached hydrogen (secondary N) is 1. The van der Waals surface area contributed by atoms with E-state index in [1.807, 2.05) is 42.5 Å². The molecule has 0 unspecified atom stereocenters. The van der Waals surface area contributed by atoms with E-state index in [1.165, 1.54) is 0 Å². The highest BCUT2D eigenvalue weighted by atomic mass is 16.1. The van der Waals surface area contributed by atoms with E-state index in [-0.39, 0.29) is 5.91 Å². The molecule has 0 aliphatic carbocycles. The summed E-state index contributed by atoms with van der Waals surface area (Å²) in [6.45, 7) is 5.75. The lowest BCUT2D eigenvalue weighted by Crippen LogP contribution is -2.30. The van der Waals surface area contributed by atoms with Crippen LogP contribution in [0, 0.1) is 22.7 Å². The number of nitriles is 2. The van der Waals surface area contributed by atoms with Crippen molar-refractivity contribution in [2.24, 2.45) is 0 Å². The fourth-order valence-electron chi connectivity index (χ4n) is 3.22. The third kappa shape index (κ3) is 6.02. The number of amides is 1. The summed E-state index contributed by atoms with van der Waals surface area (Å²) in [6, 6.07) is 26.6. The van der Waals surface area contributed by atoms with E-state index in [0.717, 1.165) is 17.7 Å². The summed E-state index contributed by atoms with van der Waals surface area (Å²) in [6.07, 6.45) is 0. The third-order valence-corrected chi connectivity index (χ3v) is 5.05. The number of anilines is 1. The summed E-state index contributed by atoms with van der Waals surface area (Å²) >= 11 is 0. The van der Waals surface area contributed by atoms with Crippen LogP contribution in [0.25, 0.3) is 0 Å². The Bertz CT molecular complexity index is 1120. The lowest BCUT2D eigenvalue weighted by Gasteiger charge is -2.27. The highest BCUT2D eigenvalue weighted by Crippen LogP contribution is 2.16. The van der Waals surface area contributed by atoms with Gasteiger partial charge in [-0.25, -0.2) is 0 Å². The van der Waals surface area contributed by atoms with Gasteiger partial charge in [-0.15, -0.1) is 0 Å². The first-order valence-corrected chi connectivity index (χ1v) is 10.1. The summed E-state index contributed by atoms with van der Waals surface area (Å²) in [4.78, 5) is 15.0. The molecule has 0 radical (unpaired) electrons. The molecule has 1 N–H and O–H groups in total. The maximum Gasteiger partial charge on any atom is 0.255 e. The lowest BCUT2D eigenvalue weighted by molar-refractivity contribution is 0.102. The maximum absolute atomic E-state index is 12.7. The Labute approximate surface area is 183 Å². The van der Waals surface area contributed by atoms with Crippen molar-refractivity contribution in [1.29, 1.82) is 10.5 Å². The fraction of sp³-hybridized carbons (Fsp3) is 0.192. The normalized spacial score (nSPS) is 10.5. The van der Waals surface area contributed by atoms with Gasteiger partial charge in [-0.1, -0.05) is 24.3 Å². The highest BCUT2D eigenvalue weighted by Gasteiger charge is 2.13. The largest absolute Gasteiger partial charge is 0.322 e. The first-order valence-electron chi connectivity index (χ1n) is 10.1. The zero-order valence-corrected chi connectivity index (χ0v) is 17.7. The van der Waals surface area contributed by atoms with E-state index in [2.05, 4.69) is 36.2 Å². The number of hydrogen-bond acceptors (Lipinski definition) is 4. The van der Waals surface area contributed by atoms with E-state index in [4.69, 9.17) is 10.5 Å². The first kappa shape index (κ1) is 21.8. The molecule has 0 aliphatic rings. The molecule has 0 saturated heterocycles. The quantitative estimate of drug-likeness (QED) is 0.590. The van der Waals surface area contributed by atoms with Crippen LogP contribution in [-0.4, -0.2) is 16.8 Å². The predicted molar refractivity (Wildman–Crippen MR) is 121 cm³/mol. The minimum absolute atomic E-state index is 0.185. The van der Waals surface area contributed by atoms with E-state index in [9.17, 15) is 4.79 Å². The standard InChI is InChI=1S/C26H24N4O/c1-19(2)30(17-22-8-6-20(15-27)7-9-22)18-23-4-3-5-24(14-23)26(31)29-25-12-10-21(16-28)11-13-25/h3-14,19H,17-18H2,1-2H3,(H,29,31). The third-order valence-electron chi connectivity index (χ3n) is 5.05. The summed E-state index contributed by atoms with van der Waals surface area (Å²) < 4.78 is 0. The van der Waals surface area contributed by atoms with Crippen molar-refractivity contribution in [2.45, 2.75) is 33.0 Å². The van der Waals surface area contributed by atoms with Crippen molar-refractivity contribution < 1.29 is 4.79 Å². The molecule has 0 saturated carbocycles. The van der Waals surface area contributed by atoms with Gasteiger partial charge in [0, 0.05) is 30.4 Å². The van der Waals surface area contributed by atoms with Gasteiger partial charge in [0.1, 0.15) is 0 Å². The molecule has 154 valence electrons. The SMILES string of the molecule is CC(C)N(Cc1ccc(C#N)cc1)Cc1cccc(C(=O)Nc2ccc(C#N)cc2)c1. The molecule has 0 bridgehead atoms. The lowest BCUT2D eigenvalue weighted by atomic mass is 10.1. The Morgan fingerprint density at radius 3 is 2.03 bits per heavy atom.